The van der Waals surface area contributed by atoms with E-state index in [4.69, 9.17) is 16.7 Å². The van der Waals surface area contributed by atoms with E-state index in [1.54, 1.807) is 0 Å². The third kappa shape index (κ3) is 2.85. The first-order valence-corrected chi connectivity index (χ1v) is 6.71. The maximum Gasteiger partial charge on any atom is 0.337 e. The lowest BCUT2D eigenvalue weighted by Gasteiger charge is -2.06. The van der Waals surface area contributed by atoms with Crippen LogP contribution in [0.4, 0.5) is 5.69 Å². The second kappa shape index (κ2) is 4.90. The van der Waals surface area contributed by atoms with Crippen molar-refractivity contribution >= 4 is 33.3 Å². The van der Waals surface area contributed by atoms with E-state index in [-0.39, 0.29) is 21.2 Å². The van der Waals surface area contributed by atoms with Crippen LogP contribution < -0.4 is 4.72 Å². The summed E-state index contributed by atoms with van der Waals surface area (Å²) >= 11 is 5.71. The van der Waals surface area contributed by atoms with Gasteiger partial charge in [0.2, 0.25) is 0 Å². The van der Waals surface area contributed by atoms with Crippen LogP contribution in [0.1, 0.15) is 10.4 Å². The Balaban J connectivity index is 2.36. The smallest absolute Gasteiger partial charge is 0.337 e. The van der Waals surface area contributed by atoms with Gasteiger partial charge in [0.05, 0.1) is 21.7 Å². The minimum Gasteiger partial charge on any atom is -0.478 e. The van der Waals surface area contributed by atoms with E-state index in [1.807, 2.05) is 0 Å². The Morgan fingerprint density at radius 1 is 1.42 bits per heavy atom. The highest BCUT2D eigenvalue weighted by Gasteiger charge is 2.18. The highest BCUT2D eigenvalue weighted by Crippen LogP contribution is 2.22. The molecule has 0 aliphatic heterocycles. The summed E-state index contributed by atoms with van der Waals surface area (Å²) in [5.41, 5.74) is -0.0240. The molecule has 0 aliphatic carbocycles. The first-order valence-electron chi connectivity index (χ1n) is 4.85. The summed E-state index contributed by atoms with van der Waals surface area (Å²) in [6.45, 7) is 0. The molecule has 0 saturated heterocycles. The first-order chi connectivity index (χ1) is 8.90. The largest absolute Gasteiger partial charge is 0.478 e. The van der Waals surface area contributed by atoms with Gasteiger partial charge in [-0.1, -0.05) is 16.8 Å². The SMILES string of the molecule is O=C(O)c1ccc(S(=O)(=O)Nc2cnoc2)cc1Cl. The number of benzene rings is 1. The molecule has 1 heterocycles. The standard InChI is InChI=1S/C10H7ClN2O5S/c11-9-3-7(1-2-8(9)10(14)15)19(16,17)13-6-4-12-18-5-6/h1-5,13H,(H,14,15). The number of hydrogen-bond donors (Lipinski definition) is 2. The van der Waals surface area contributed by atoms with Gasteiger partial charge < -0.3 is 9.63 Å². The van der Waals surface area contributed by atoms with Crippen molar-refractivity contribution in [3.63, 3.8) is 0 Å². The van der Waals surface area contributed by atoms with Crippen molar-refractivity contribution < 1.29 is 22.8 Å². The lowest BCUT2D eigenvalue weighted by atomic mass is 10.2. The van der Waals surface area contributed by atoms with Gasteiger partial charge in [-0.3, -0.25) is 4.72 Å². The Morgan fingerprint density at radius 2 is 2.16 bits per heavy atom. The van der Waals surface area contributed by atoms with Gasteiger partial charge >= 0.3 is 5.97 Å². The second-order valence-corrected chi connectivity index (χ2v) is 5.56. The summed E-state index contributed by atoms with van der Waals surface area (Å²) in [6, 6.07) is 3.32. The summed E-state index contributed by atoms with van der Waals surface area (Å²) in [5, 5.41) is 12.0. The lowest BCUT2D eigenvalue weighted by molar-refractivity contribution is 0.0697. The number of halogens is 1. The number of hydrogen-bond acceptors (Lipinski definition) is 5. The Hall–Kier alpha value is -2.06. The molecule has 0 atom stereocenters. The number of carboxylic acids is 1. The Kier molecular flexibility index (Phi) is 3.45. The number of rotatable bonds is 4. The summed E-state index contributed by atoms with van der Waals surface area (Å²) < 4.78 is 30.6. The summed E-state index contributed by atoms with van der Waals surface area (Å²) in [4.78, 5) is 10.6. The molecule has 2 N–H and O–H groups in total. The Morgan fingerprint density at radius 3 is 2.68 bits per heavy atom. The molecule has 0 spiro atoms. The van der Waals surface area contributed by atoms with Crippen molar-refractivity contribution in [3.8, 4) is 0 Å². The number of aromatic nitrogens is 1. The van der Waals surface area contributed by atoms with Gasteiger partial charge in [-0.2, -0.15) is 0 Å². The van der Waals surface area contributed by atoms with Gasteiger partial charge in [0, 0.05) is 0 Å². The number of aromatic carboxylic acids is 1. The molecule has 19 heavy (non-hydrogen) atoms. The number of sulfonamides is 1. The zero-order chi connectivity index (χ0) is 14.0. The molecule has 0 radical (unpaired) electrons. The van der Waals surface area contributed by atoms with E-state index >= 15 is 0 Å². The molecule has 1 aromatic carbocycles. The van der Waals surface area contributed by atoms with Crippen molar-refractivity contribution in [1.82, 2.24) is 5.16 Å². The number of carbonyl (C=O) groups is 1. The Bertz CT molecular complexity index is 712. The third-order valence-electron chi connectivity index (χ3n) is 2.17. The number of carboxylic acid groups (broad SMARTS) is 1. The van der Waals surface area contributed by atoms with Gasteiger partial charge in [-0.05, 0) is 18.2 Å². The van der Waals surface area contributed by atoms with E-state index in [0.29, 0.717) is 0 Å². The molecular formula is C10H7ClN2O5S. The molecule has 100 valence electrons. The molecule has 7 nitrogen and oxygen atoms in total. The minimum absolute atomic E-state index is 0.151. The van der Waals surface area contributed by atoms with Crippen LogP contribution in [0.15, 0.2) is 40.1 Å². The maximum absolute atomic E-state index is 11.9. The van der Waals surface area contributed by atoms with Crippen molar-refractivity contribution in [2.24, 2.45) is 0 Å². The summed E-state index contributed by atoms with van der Waals surface area (Å²) in [5.74, 6) is -1.24. The maximum atomic E-state index is 11.9. The molecule has 2 rings (SSSR count). The topological polar surface area (TPSA) is 110 Å². The molecule has 0 bridgehead atoms. The predicted octanol–water partition coefficient (Wildman–Crippen LogP) is 1.83. The predicted molar refractivity (Wildman–Crippen MR) is 65.7 cm³/mol. The van der Waals surface area contributed by atoms with Crippen LogP contribution in [0, 0.1) is 0 Å². The van der Waals surface area contributed by atoms with Crippen LogP contribution in [-0.2, 0) is 10.0 Å². The average Bonchev–Trinajstić information content (AvgIpc) is 2.80. The summed E-state index contributed by atoms with van der Waals surface area (Å²) in [6.07, 6.45) is 2.30. The van der Waals surface area contributed by atoms with Crippen molar-refractivity contribution in [3.05, 3.63) is 41.2 Å². The van der Waals surface area contributed by atoms with Gasteiger partial charge in [0.15, 0.2) is 0 Å². The zero-order valence-corrected chi connectivity index (χ0v) is 10.8. The van der Waals surface area contributed by atoms with E-state index in [0.717, 1.165) is 24.5 Å². The minimum atomic E-state index is -3.88. The van der Waals surface area contributed by atoms with Crippen LogP contribution in [0.5, 0.6) is 0 Å². The molecular weight excluding hydrogens is 296 g/mol. The fourth-order valence-electron chi connectivity index (χ4n) is 1.31. The van der Waals surface area contributed by atoms with Crippen molar-refractivity contribution in [1.29, 1.82) is 0 Å². The van der Waals surface area contributed by atoms with Gasteiger partial charge in [-0.25, -0.2) is 13.2 Å². The molecule has 2 aromatic rings. The van der Waals surface area contributed by atoms with E-state index in [2.05, 4.69) is 14.4 Å². The zero-order valence-electron chi connectivity index (χ0n) is 9.20. The van der Waals surface area contributed by atoms with Gasteiger partial charge in [-0.15, -0.1) is 0 Å². The van der Waals surface area contributed by atoms with Crippen LogP contribution >= 0.6 is 11.6 Å². The van der Waals surface area contributed by atoms with Crippen LogP contribution in [0.2, 0.25) is 5.02 Å². The van der Waals surface area contributed by atoms with Crippen LogP contribution in [0.25, 0.3) is 0 Å². The number of anilines is 1. The molecule has 0 aliphatic rings. The lowest BCUT2D eigenvalue weighted by Crippen LogP contribution is -2.13. The molecule has 0 amide bonds. The quantitative estimate of drug-likeness (QED) is 0.891. The highest BCUT2D eigenvalue weighted by molar-refractivity contribution is 7.92. The van der Waals surface area contributed by atoms with Crippen LogP contribution in [-0.4, -0.2) is 24.7 Å². The summed E-state index contributed by atoms with van der Waals surface area (Å²) in [7, 11) is -3.88. The normalized spacial score (nSPS) is 11.2. The van der Waals surface area contributed by atoms with E-state index in [1.165, 1.54) is 6.20 Å². The molecule has 0 fully saturated rings. The highest BCUT2D eigenvalue weighted by atomic mass is 35.5. The fourth-order valence-corrected chi connectivity index (χ4v) is 2.68. The fraction of sp³-hybridized carbons (Fsp3) is 0. The van der Waals surface area contributed by atoms with Crippen molar-refractivity contribution in [2.75, 3.05) is 4.72 Å². The molecule has 1 aromatic heterocycles. The third-order valence-corrected chi connectivity index (χ3v) is 3.86. The van der Waals surface area contributed by atoms with Crippen molar-refractivity contribution in [2.45, 2.75) is 4.90 Å². The number of nitrogens with zero attached hydrogens (tertiary/aromatic N) is 1. The molecule has 9 heteroatoms. The Labute approximate surface area is 112 Å². The second-order valence-electron chi connectivity index (χ2n) is 3.47. The average molecular weight is 303 g/mol. The monoisotopic (exact) mass is 302 g/mol. The van der Waals surface area contributed by atoms with E-state index < -0.39 is 16.0 Å². The van der Waals surface area contributed by atoms with Gasteiger partial charge in [0.1, 0.15) is 12.0 Å². The van der Waals surface area contributed by atoms with Crippen LogP contribution in [0.3, 0.4) is 0 Å². The van der Waals surface area contributed by atoms with E-state index in [9.17, 15) is 13.2 Å². The number of nitrogens with one attached hydrogen (secondary N) is 1. The molecule has 0 saturated carbocycles. The first kappa shape index (κ1) is 13.4. The molecule has 0 unspecified atom stereocenters. The van der Waals surface area contributed by atoms with Gasteiger partial charge in [0.25, 0.3) is 10.0 Å².